The highest BCUT2D eigenvalue weighted by Gasteiger charge is 2.24. The lowest BCUT2D eigenvalue weighted by Crippen LogP contribution is -2.26. The fraction of sp³-hybridized carbons (Fsp3) is 0.448. The summed E-state index contributed by atoms with van der Waals surface area (Å²) in [7, 11) is 0. The van der Waals surface area contributed by atoms with Crippen LogP contribution < -0.4 is 20.7 Å². The summed E-state index contributed by atoms with van der Waals surface area (Å²) in [5, 5.41) is 17.5. The number of hydrogen-bond donors (Lipinski definition) is 4. The van der Waals surface area contributed by atoms with Crippen LogP contribution in [0, 0.1) is 11.8 Å². The van der Waals surface area contributed by atoms with Gasteiger partial charge in [0, 0.05) is 34.5 Å². The maximum absolute atomic E-state index is 13.1. The molecule has 0 bridgehead atoms. The van der Waals surface area contributed by atoms with Gasteiger partial charge in [-0.2, -0.15) is 0 Å². The van der Waals surface area contributed by atoms with Crippen molar-refractivity contribution in [1.29, 1.82) is 0 Å². The second kappa shape index (κ2) is 13.1. The van der Waals surface area contributed by atoms with Gasteiger partial charge in [0.25, 0.3) is 5.91 Å². The van der Waals surface area contributed by atoms with E-state index in [1.807, 2.05) is 0 Å². The number of carboxylic acid groups (broad SMARTS) is 1. The van der Waals surface area contributed by atoms with Gasteiger partial charge in [0.05, 0.1) is 0 Å². The van der Waals surface area contributed by atoms with Crippen LogP contribution in [-0.2, 0) is 14.4 Å². The number of nitrogens with one attached hydrogen (secondary N) is 3. The van der Waals surface area contributed by atoms with Gasteiger partial charge in [-0.1, -0.05) is 38.5 Å². The minimum Gasteiger partial charge on any atom is -0.482 e. The lowest BCUT2D eigenvalue weighted by molar-refractivity contribution is -0.139. The Morgan fingerprint density at radius 1 is 0.684 bits per heavy atom. The molecule has 4 rings (SSSR count). The summed E-state index contributed by atoms with van der Waals surface area (Å²) in [4.78, 5) is 49.6. The maximum atomic E-state index is 13.1. The zero-order valence-electron chi connectivity index (χ0n) is 21.5. The number of carboxylic acids is 1. The van der Waals surface area contributed by atoms with Crippen molar-refractivity contribution in [2.24, 2.45) is 11.8 Å². The number of benzene rings is 2. The molecule has 2 aliphatic rings. The summed E-state index contributed by atoms with van der Waals surface area (Å²) in [5.41, 5.74) is 1.70. The number of aliphatic carboxylic acids is 1. The number of rotatable bonds is 9. The predicted octanol–water partition coefficient (Wildman–Crippen LogP) is 5.44. The first kappa shape index (κ1) is 27.2. The smallest absolute Gasteiger partial charge is 0.341 e. The van der Waals surface area contributed by atoms with Crippen LogP contribution in [0.3, 0.4) is 0 Å². The number of amides is 3. The molecule has 38 heavy (non-hydrogen) atoms. The Hall–Kier alpha value is -3.88. The lowest BCUT2D eigenvalue weighted by atomic mass is 9.88. The van der Waals surface area contributed by atoms with Gasteiger partial charge in [-0.15, -0.1) is 0 Å². The minimum absolute atomic E-state index is 0.0524. The van der Waals surface area contributed by atoms with Gasteiger partial charge in [0.1, 0.15) is 5.75 Å². The van der Waals surface area contributed by atoms with Crippen LogP contribution in [-0.4, -0.2) is 35.4 Å². The van der Waals surface area contributed by atoms with E-state index in [1.165, 1.54) is 0 Å². The summed E-state index contributed by atoms with van der Waals surface area (Å²) < 4.78 is 5.12. The fourth-order valence-electron chi connectivity index (χ4n) is 5.10. The molecule has 0 atom stereocenters. The highest BCUT2D eigenvalue weighted by Crippen LogP contribution is 2.28. The first-order valence-electron chi connectivity index (χ1n) is 13.4. The molecule has 2 aliphatic carbocycles. The molecular formula is C29H35N3O6. The predicted molar refractivity (Wildman–Crippen MR) is 144 cm³/mol. The molecule has 4 N–H and O–H groups in total. The summed E-state index contributed by atoms with van der Waals surface area (Å²) in [6.45, 7) is -0.458. The Bertz CT molecular complexity index is 1100. The third kappa shape index (κ3) is 7.81. The Morgan fingerprint density at radius 2 is 1.18 bits per heavy atom. The normalized spacial score (nSPS) is 16.3. The Labute approximate surface area is 222 Å². The van der Waals surface area contributed by atoms with Crippen molar-refractivity contribution in [2.45, 2.75) is 64.2 Å². The van der Waals surface area contributed by atoms with E-state index in [4.69, 9.17) is 9.84 Å². The average Bonchev–Trinajstić information content (AvgIpc) is 2.93. The van der Waals surface area contributed by atoms with Gasteiger partial charge in [0.2, 0.25) is 11.8 Å². The zero-order valence-corrected chi connectivity index (χ0v) is 21.5. The highest BCUT2D eigenvalue weighted by molar-refractivity contribution is 6.07. The van der Waals surface area contributed by atoms with E-state index < -0.39 is 18.5 Å². The quantitative estimate of drug-likeness (QED) is 0.347. The molecule has 3 amide bonds. The van der Waals surface area contributed by atoms with Gasteiger partial charge in [-0.25, -0.2) is 4.79 Å². The number of ether oxygens (including phenoxy) is 1. The van der Waals surface area contributed by atoms with Gasteiger partial charge >= 0.3 is 5.97 Å². The third-order valence-corrected chi connectivity index (χ3v) is 7.16. The number of carbonyl (C=O) groups excluding carboxylic acids is 3. The first-order valence-corrected chi connectivity index (χ1v) is 13.4. The van der Waals surface area contributed by atoms with E-state index in [2.05, 4.69) is 16.0 Å². The van der Waals surface area contributed by atoms with E-state index in [0.717, 1.165) is 64.2 Å². The second-order valence-corrected chi connectivity index (χ2v) is 10.1. The summed E-state index contributed by atoms with van der Waals surface area (Å²) >= 11 is 0. The van der Waals surface area contributed by atoms with E-state index in [0.29, 0.717) is 22.8 Å². The summed E-state index contributed by atoms with van der Waals surface area (Å²) in [6, 6.07) is 11.3. The molecule has 0 saturated heterocycles. The van der Waals surface area contributed by atoms with E-state index in [-0.39, 0.29) is 29.2 Å². The van der Waals surface area contributed by atoms with Gasteiger partial charge in [-0.3, -0.25) is 14.4 Å². The molecule has 202 valence electrons. The van der Waals surface area contributed by atoms with Crippen LogP contribution in [0.15, 0.2) is 42.5 Å². The molecule has 2 fully saturated rings. The molecule has 0 unspecified atom stereocenters. The van der Waals surface area contributed by atoms with E-state index in [9.17, 15) is 19.2 Å². The number of hydrogen-bond acceptors (Lipinski definition) is 5. The van der Waals surface area contributed by atoms with Crippen LogP contribution in [0.5, 0.6) is 5.75 Å². The molecule has 2 aromatic carbocycles. The van der Waals surface area contributed by atoms with Gasteiger partial charge in [0.15, 0.2) is 6.61 Å². The monoisotopic (exact) mass is 521 g/mol. The standard InChI is InChI=1S/C29H35N3O6/c33-26(34)18-38-25-13-11-22(12-14-25)30-29(37)21-15-23(31-27(35)19-7-3-1-4-8-19)17-24(16-21)32-28(36)20-9-5-2-6-10-20/h11-17,19-20H,1-10,18H2,(H,30,37)(H,31,35)(H,32,36)(H,33,34). The van der Waals surface area contributed by atoms with Crippen LogP contribution in [0.1, 0.15) is 74.6 Å². The molecule has 9 heteroatoms. The molecule has 2 aromatic rings. The third-order valence-electron chi connectivity index (χ3n) is 7.16. The largest absolute Gasteiger partial charge is 0.482 e. The van der Waals surface area contributed by atoms with Crippen molar-refractivity contribution in [1.82, 2.24) is 0 Å². The van der Waals surface area contributed by atoms with Crippen LogP contribution in [0.4, 0.5) is 17.1 Å². The molecule has 2 saturated carbocycles. The van der Waals surface area contributed by atoms with E-state index in [1.54, 1.807) is 42.5 Å². The topological polar surface area (TPSA) is 134 Å². The second-order valence-electron chi connectivity index (χ2n) is 10.1. The number of carbonyl (C=O) groups is 4. The van der Waals surface area contributed by atoms with Gasteiger partial charge in [-0.05, 0) is 68.1 Å². The molecule has 0 aliphatic heterocycles. The van der Waals surface area contributed by atoms with Crippen molar-refractivity contribution < 1.29 is 29.0 Å². The Morgan fingerprint density at radius 3 is 1.66 bits per heavy atom. The first-order chi connectivity index (χ1) is 18.4. The SMILES string of the molecule is O=C(O)COc1ccc(NC(=O)c2cc(NC(=O)C3CCCCC3)cc(NC(=O)C3CCCCC3)c2)cc1. The van der Waals surface area contributed by atoms with Crippen molar-refractivity contribution in [3.05, 3.63) is 48.0 Å². The van der Waals surface area contributed by atoms with E-state index >= 15 is 0 Å². The minimum atomic E-state index is -1.08. The lowest BCUT2D eigenvalue weighted by Gasteiger charge is -2.22. The molecule has 0 radical (unpaired) electrons. The molecule has 9 nitrogen and oxygen atoms in total. The van der Waals surface area contributed by atoms with Crippen molar-refractivity contribution in [3.63, 3.8) is 0 Å². The zero-order chi connectivity index (χ0) is 26.9. The van der Waals surface area contributed by atoms with Crippen LogP contribution in [0.2, 0.25) is 0 Å². The van der Waals surface area contributed by atoms with Crippen molar-refractivity contribution in [2.75, 3.05) is 22.6 Å². The molecule has 0 spiro atoms. The van der Waals surface area contributed by atoms with Gasteiger partial charge < -0.3 is 25.8 Å². The summed E-state index contributed by atoms with van der Waals surface area (Å²) in [5.74, 6) is -1.36. The molecule has 0 aromatic heterocycles. The average molecular weight is 522 g/mol. The maximum Gasteiger partial charge on any atom is 0.341 e. The molecular weight excluding hydrogens is 486 g/mol. The highest BCUT2D eigenvalue weighted by atomic mass is 16.5. The van der Waals surface area contributed by atoms with Crippen LogP contribution in [0.25, 0.3) is 0 Å². The fourth-order valence-corrected chi connectivity index (χ4v) is 5.10. The number of anilines is 3. The Balaban J connectivity index is 1.50. The molecule has 0 heterocycles. The Kier molecular flexibility index (Phi) is 9.35. The van der Waals surface area contributed by atoms with Crippen molar-refractivity contribution >= 4 is 40.8 Å². The van der Waals surface area contributed by atoms with Crippen molar-refractivity contribution in [3.8, 4) is 5.75 Å². The van der Waals surface area contributed by atoms with Crippen LogP contribution >= 0.6 is 0 Å². The summed E-state index contributed by atoms with van der Waals surface area (Å²) in [6.07, 6.45) is 9.81.